The van der Waals surface area contributed by atoms with Crippen molar-refractivity contribution >= 4 is 17.5 Å². The van der Waals surface area contributed by atoms with Crippen molar-refractivity contribution in [2.75, 3.05) is 31.1 Å². The first-order valence-electron chi connectivity index (χ1n) is 9.85. The highest BCUT2D eigenvalue weighted by molar-refractivity contribution is 5.97. The van der Waals surface area contributed by atoms with E-state index in [9.17, 15) is 9.59 Å². The SMILES string of the molecule is C[C@H]1CN(C(C)(C)CNC(=O)c2ccc(N3CCCC3=O)cc2)C[C@H](C)O1. The van der Waals surface area contributed by atoms with Crippen LogP contribution in [0, 0.1) is 0 Å². The Labute approximate surface area is 161 Å². The minimum absolute atomic E-state index is 0.0864. The Balaban J connectivity index is 1.57. The molecule has 0 aromatic heterocycles. The van der Waals surface area contributed by atoms with E-state index in [0.29, 0.717) is 18.5 Å². The molecule has 1 aromatic rings. The van der Waals surface area contributed by atoms with Gasteiger partial charge in [-0.25, -0.2) is 0 Å². The molecule has 0 radical (unpaired) electrons. The Morgan fingerprint density at radius 1 is 1.19 bits per heavy atom. The van der Waals surface area contributed by atoms with Gasteiger partial charge in [-0.2, -0.15) is 0 Å². The molecule has 0 spiro atoms. The summed E-state index contributed by atoms with van der Waals surface area (Å²) in [6.07, 6.45) is 1.90. The molecule has 148 valence electrons. The highest BCUT2D eigenvalue weighted by atomic mass is 16.5. The van der Waals surface area contributed by atoms with E-state index in [-0.39, 0.29) is 29.6 Å². The predicted molar refractivity (Wildman–Crippen MR) is 106 cm³/mol. The first kappa shape index (κ1) is 19.8. The lowest BCUT2D eigenvalue weighted by atomic mass is 10.00. The summed E-state index contributed by atoms with van der Waals surface area (Å²) in [6.45, 7) is 11.5. The van der Waals surface area contributed by atoms with Crippen LogP contribution in [0.25, 0.3) is 0 Å². The van der Waals surface area contributed by atoms with Crippen molar-refractivity contribution in [3.8, 4) is 0 Å². The topological polar surface area (TPSA) is 61.9 Å². The fourth-order valence-corrected chi connectivity index (χ4v) is 3.90. The fraction of sp³-hybridized carbons (Fsp3) is 0.619. The van der Waals surface area contributed by atoms with Gasteiger partial charge in [-0.1, -0.05) is 0 Å². The molecule has 2 heterocycles. The number of carbonyl (C=O) groups is 2. The number of amides is 2. The van der Waals surface area contributed by atoms with E-state index in [1.54, 1.807) is 17.0 Å². The Bertz CT molecular complexity index is 676. The number of morpholine rings is 1. The van der Waals surface area contributed by atoms with Gasteiger partial charge in [0.1, 0.15) is 0 Å². The zero-order chi connectivity index (χ0) is 19.6. The number of nitrogens with zero attached hydrogens (tertiary/aromatic N) is 2. The van der Waals surface area contributed by atoms with Crippen LogP contribution in [0.1, 0.15) is 50.9 Å². The molecule has 1 aromatic carbocycles. The van der Waals surface area contributed by atoms with E-state index in [1.807, 2.05) is 12.1 Å². The maximum Gasteiger partial charge on any atom is 0.251 e. The molecule has 2 amide bonds. The van der Waals surface area contributed by atoms with Crippen molar-refractivity contribution in [3.05, 3.63) is 29.8 Å². The van der Waals surface area contributed by atoms with Gasteiger partial charge in [0.15, 0.2) is 0 Å². The van der Waals surface area contributed by atoms with Crippen molar-refractivity contribution in [3.63, 3.8) is 0 Å². The van der Waals surface area contributed by atoms with Crippen LogP contribution >= 0.6 is 0 Å². The summed E-state index contributed by atoms with van der Waals surface area (Å²) in [5.41, 5.74) is 1.33. The monoisotopic (exact) mass is 373 g/mol. The largest absolute Gasteiger partial charge is 0.373 e. The molecule has 27 heavy (non-hydrogen) atoms. The van der Waals surface area contributed by atoms with Crippen molar-refractivity contribution in [2.24, 2.45) is 0 Å². The molecule has 0 unspecified atom stereocenters. The standard InChI is InChI=1S/C21H31N3O3/c1-15-12-23(13-16(2)27-15)21(3,4)14-22-20(26)17-7-9-18(10-8-17)24-11-5-6-19(24)25/h7-10,15-16H,5-6,11-14H2,1-4H3,(H,22,26)/t15-,16-/m0/s1. The minimum Gasteiger partial charge on any atom is -0.373 e. The number of anilines is 1. The lowest BCUT2D eigenvalue weighted by Gasteiger charge is -2.45. The predicted octanol–water partition coefficient (Wildman–Crippen LogP) is 2.43. The Hall–Kier alpha value is -1.92. The maximum atomic E-state index is 12.6. The third-order valence-corrected chi connectivity index (χ3v) is 5.47. The van der Waals surface area contributed by atoms with Gasteiger partial charge >= 0.3 is 0 Å². The van der Waals surface area contributed by atoms with Gasteiger partial charge in [0.05, 0.1) is 12.2 Å². The lowest BCUT2D eigenvalue weighted by Crippen LogP contribution is -2.58. The molecule has 1 N–H and O–H groups in total. The van der Waals surface area contributed by atoms with Gasteiger partial charge in [0.25, 0.3) is 5.91 Å². The number of benzene rings is 1. The van der Waals surface area contributed by atoms with Crippen molar-refractivity contribution in [2.45, 2.75) is 58.3 Å². The number of rotatable bonds is 5. The van der Waals surface area contributed by atoms with Crippen LogP contribution in [-0.4, -0.2) is 60.6 Å². The molecule has 0 bridgehead atoms. The van der Waals surface area contributed by atoms with Crippen LogP contribution in [-0.2, 0) is 9.53 Å². The zero-order valence-corrected chi connectivity index (χ0v) is 16.8. The van der Waals surface area contributed by atoms with E-state index < -0.39 is 0 Å². The smallest absolute Gasteiger partial charge is 0.251 e. The van der Waals surface area contributed by atoms with E-state index >= 15 is 0 Å². The molecule has 2 fully saturated rings. The molecule has 2 saturated heterocycles. The van der Waals surface area contributed by atoms with E-state index in [0.717, 1.165) is 31.7 Å². The van der Waals surface area contributed by atoms with Crippen LogP contribution < -0.4 is 10.2 Å². The molecule has 2 aliphatic rings. The quantitative estimate of drug-likeness (QED) is 0.861. The summed E-state index contributed by atoms with van der Waals surface area (Å²) in [6, 6.07) is 7.30. The second kappa shape index (κ2) is 7.98. The third-order valence-electron chi connectivity index (χ3n) is 5.47. The van der Waals surface area contributed by atoms with Gasteiger partial charge in [-0.05, 0) is 58.4 Å². The minimum atomic E-state index is -0.149. The summed E-state index contributed by atoms with van der Waals surface area (Å²) in [5.74, 6) is 0.0691. The van der Waals surface area contributed by atoms with Crippen molar-refractivity contribution < 1.29 is 14.3 Å². The van der Waals surface area contributed by atoms with Crippen molar-refractivity contribution in [1.29, 1.82) is 0 Å². The average Bonchev–Trinajstić information content (AvgIpc) is 3.05. The molecule has 0 saturated carbocycles. The highest BCUT2D eigenvalue weighted by Crippen LogP contribution is 2.23. The molecule has 2 atom stereocenters. The van der Waals surface area contributed by atoms with Crippen LogP contribution in [0.2, 0.25) is 0 Å². The summed E-state index contributed by atoms with van der Waals surface area (Å²) in [4.78, 5) is 28.6. The van der Waals surface area contributed by atoms with Crippen LogP contribution in [0.15, 0.2) is 24.3 Å². The number of hydrogen-bond donors (Lipinski definition) is 1. The van der Waals surface area contributed by atoms with E-state index in [2.05, 4.69) is 37.9 Å². The van der Waals surface area contributed by atoms with E-state index in [4.69, 9.17) is 4.74 Å². The number of ether oxygens (including phenoxy) is 1. The normalized spacial score (nSPS) is 24.3. The Morgan fingerprint density at radius 2 is 1.81 bits per heavy atom. The summed E-state index contributed by atoms with van der Waals surface area (Å²) >= 11 is 0. The Morgan fingerprint density at radius 3 is 2.37 bits per heavy atom. The fourth-order valence-electron chi connectivity index (χ4n) is 3.90. The number of nitrogens with one attached hydrogen (secondary N) is 1. The molecular weight excluding hydrogens is 342 g/mol. The average molecular weight is 373 g/mol. The summed E-state index contributed by atoms with van der Waals surface area (Å²) < 4.78 is 5.81. The summed E-state index contributed by atoms with van der Waals surface area (Å²) in [5, 5.41) is 3.06. The Kier molecular flexibility index (Phi) is 5.86. The van der Waals surface area contributed by atoms with Gasteiger partial charge in [-0.3, -0.25) is 14.5 Å². The first-order valence-corrected chi connectivity index (χ1v) is 9.85. The molecular formula is C21H31N3O3. The van der Waals surface area contributed by atoms with Gasteiger partial charge in [0.2, 0.25) is 5.91 Å². The maximum absolute atomic E-state index is 12.6. The third kappa shape index (κ3) is 4.68. The van der Waals surface area contributed by atoms with Crippen LogP contribution in [0.5, 0.6) is 0 Å². The molecule has 3 rings (SSSR count). The number of carbonyl (C=O) groups excluding carboxylic acids is 2. The highest BCUT2D eigenvalue weighted by Gasteiger charge is 2.33. The lowest BCUT2D eigenvalue weighted by molar-refractivity contribution is -0.117. The molecule has 0 aliphatic carbocycles. The van der Waals surface area contributed by atoms with Crippen LogP contribution in [0.3, 0.4) is 0 Å². The second-order valence-electron chi connectivity index (χ2n) is 8.35. The molecule has 6 heteroatoms. The molecule has 6 nitrogen and oxygen atoms in total. The van der Waals surface area contributed by atoms with Crippen molar-refractivity contribution in [1.82, 2.24) is 10.2 Å². The van der Waals surface area contributed by atoms with Gasteiger partial charge in [0, 0.05) is 49.4 Å². The molecule has 2 aliphatic heterocycles. The van der Waals surface area contributed by atoms with Gasteiger partial charge < -0.3 is 15.0 Å². The van der Waals surface area contributed by atoms with Crippen LogP contribution in [0.4, 0.5) is 5.69 Å². The number of hydrogen-bond acceptors (Lipinski definition) is 4. The second-order valence-corrected chi connectivity index (χ2v) is 8.35. The van der Waals surface area contributed by atoms with Gasteiger partial charge in [-0.15, -0.1) is 0 Å². The zero-order valence-electron chi connectivity index (χ0n) is 16.8. The first-order chi connectivity index (χ1) is 12.8. The van der Waals surface area contributed by atoms with E-state index in [1.165, 1.54) is 0 Å². The summed E-state index contributed by atoms with van der Waals surface area (Å²) in [7, 11) is 0.